The lowest BCUT2D eigenvalue weighted by Crippen LogP contribution is -2.31. The highest BCUT2D eigenvalue weighted by Gasteiger charge is 2.38. The lowest BCUT2D eigenvalue weighted by atomic mass is 9.78. The molecule has 0 radical (unpaired) electrons. The fourth-order valence-electron chi connectivity index (χ4n) is 2.89. The summed E-state index contributed by atoms with van der Waals surface area (Å²) >= 11 is 0. The number of aliphatic hydroxyl groups is 1. The maximum Gasteiger partial charge on any atom is 0.122 e. The van der Waals surface area contributed by atoms with Crippen molar-refractivity contribution >= 4 is 0 Å². The second-order valence-corrected chi connectivity index (χ2v) is 5.07. The van der Waals surface area contributed by atoms with Gasteiger partial charge in [0.15, 0.2) is 0 Å². The Bertz CT molecular complexity index is 594. The highest BCUT2D eigenvalue weighted by atomic mass is 16.5. The Kier molecular flexibility index (Phi) is 3.18. The van der Waals surface area contributed by atoms with E-state index >= 15 is 0 Å². The van der Waals surface area contributed by atoms with Gasteiger partial charge in [-0.1, -0.05) is 0 Å². The van der Waals surface area contributed by atoms with E-state index in [0.717, 1.165) is 29.7 Å². The summed E-state index contributed by atoms with van der Waals surface area (Å²) < 4.78 is 16.0. The smallest absolute Gasteiger partial charge is 0.122 e. The van der Waals surface area contributed by atoms with Crippen molar-refractivity contribution in [1.29, 1.82) is 0 Å². The first kappa shape index (κ1) is 13.1. The van der Waals surface area contributed by atoms with Crippen molar-refractivity contribution in [2.24, 2.45) is 0 Å². The Morgan fingerprint density at radius 3 is 2.50 bits per heavy atom. The number of furan rings is 1. The molecule has 0 saturated carbocycles. The average Bonchev–Trinajstić information content (AvgIpc) is 2.97. The molecule has 0 bridgehead atoms. The third kappa shape index (κ3) is 1.96. The van der Waals surface area contributed by atoms with Crippen LogP contribution >= 0.6 is 0 Å². The van der Waals surface area contributed by atoms with Gasteiger partial charge in [-0.05, 0) is 36.6 Å². The number of rotatable bonds is 3. The van der Waals surface area contributed by atoms with Crippen LogP contribution in [0.4, 0.5) is 0 Å². The molecule has 4 nitrogen and oxygen atoms in total. The maximum atomic E-state index is 11.2. The molecule has 1 aromatic heterocycles. The van der Waals surface area contributed by atoms with Gasteiger partial charge >= 0.3 is 0 Å². The van der Waals surface area contributed by atoms with Crippen LogP contribution in [0.1, 0.15) is 29.7 Å². The molecule has 1 aliphatic rings. The van der Waals surface area contributed by atoms with Gasteiger partial charge in [-0.3, -0.25) is 0 Å². The van der Waals surface area contributed by atoms with Gasteiger partial charge in [0, 0.05) is 18.1 Å². The van der Waals surface area contributed by atoms with E-state index in [0.29, 0.717) is 17.9 Å². The van der Waals surface area contributed by atoms with Crippen LogP contribution < -0.4 is 9.47 Å². The van der Waals surface area contributed by atoms with Crippen molar-refractivity contribution < 1.29 is 19.0 Å². The lowest BCUT2D eigenvalue weighted by molar-refractivity contribution is 0.0585. The predicted octanol–water partition coefficient (Wildman–Crippen LogP) is 2.87. The molecule has 0 aliphatic heterocycles. The van der Waals surface area contributed by atoms with E-state index in [1.54, 1.807) is 26.5 Å². The average molecular weight is 274 g/mol. The number of methoxy groups -OCH3 is 2. The molecule has 1 unspecified atom stereocenters. The molecule has 106 valence electrons. The third-order valence-electron chi connectivity index (χ3n) is 3.96. The summed E-state index contributed by atoms with van der Waals surface area (Å²) in [5.74, 6) is 2.20. The van der Waals surface area contributed by atoms with Crippen molar-refractivity contribution in [3.05, 3.63) is 47.4 Å². The molecule has 0 spiro atoms. The van der Waals surface area contributed by atoms with Gasteiger partial charge in [0.2, 0.25) is 0 Å². The minimum atomic E-state index is -1.04. The van der Waals surface area contributed by atoms with E-state index in [1.165, 1.54) is 0 Å². The SMILES string of the molecule is COc1cc(OC)cc(C2(O)CCCc3occc32)c1. The molecule has 1 aliphatic carbocycles. The normalized spacial score (nSPS) is 21.4. The third-order valence-corrected chi connectivity index (χ3v) is 3.96. The van der Waals surface area contributed by atoms with Crippen LogP contribution in [0.15, 0.2) is 34.9 Å². The van der Waals surface area contributed by atoms with Gasteiger partial charge in [0.1, 0.15) is 22.9 Å². The highest BCUT2D eigenvalue weighted by Crippen LogP contribution is 2.43. The van der Waals surface area contributed by atoms with Gasteiger partial charge in [-0.2, -0.15) is 0 Å². The quantitative estimate of drug-likeness (QED) is 0.935. The van der Waals surface area contributed by atoms with E-state index in [2.05, 4.69) is 0 Å². The predicted molar refractivity (Wildman–Crippen MR) is 74.2 cm³/mol. The minimum Gasteiger partial charge on any atom is -0.497 e. The number of hydrogen-bond acceptors (Lipinski definition) is 4. The van der Waals surface area contributed by atoms with E-state index in [4.69, 9.17) is 13.9 Å². The van der Waals surface area contributed by atoms with E-state index in [9.17, 15) is 5.11 Å². The first-order chi connectivity index (χ1) is 9.67. The molecular formula is C16H18O4. The number of ether oxygens (including phenoxy) is 2. The fraction of sp³-hybridized carbons (Fsp3) is 0.375. The summed E-state index contributed by atoms with van der Waals surface area (Å²) in [5, 5.41) is 11.2. The second-order valence-electron chi connectivity index (χ2n) is 5.07. The Hall–Kier alpha value is -1.94. The number of fused-ring (bicyclic) bond motifs is 1. The summed E-state index contributed by atoms with van der Waals surface area (Å²) in [6.45, 7) is 0. The summed E-state index contributed by atoms with van der Waals surface area (Å²) in [6.07, 6.45) is 4.05. The van der Waals surface area contributed by atoms with Crippen LogP contribution in [0.5, 0.6) is 11.5 Å². The number of hydrogen-bond donors (Lipinski definition) is 1. The van der Waals surface area contributed by atoms with Gasteiger partial charge in [0.05, 0.1) is 20.5 Å². The van der Waals surface area contributed by atoms with Gasteiger partial charge in [-0.15, -0.1) is 0 Å². The molecule has 0 amide bonds. The van der Waals surface area contributed by atoms with Crippen molar-refractivity contribution in [3.63, 3.8) is 0 Å². The summed E-state index contributed by atoms with van der Waals surface area (Å²) in [6, 6.07) is 7.35. The first-order valence-corrected chi connectivity index (χ1v) is 6.70. The first-order valence-electron chi connectivity index (χ1n) is 6.70. The van der Waals surface area contributed by atoms with Crippen LogP contribution in [0.2, 0.25) is 0 Å². The molecule has 20 heavy (non-hydrogen) atoms. The van der Waals surface area contributed by atoms with Gasteiger partial charge < -0.3 is 19.0 Å². The fourth-order valence-corrected chi connectivity index (χ4v) is 2.89. The van der Waals surface area contributed by atoms with Crippen LogP contribution in [0, 0.1) is 0 Å². The van der Waals surface area contributed by atoms with E-state index in [1.807, 2.05) is 18.2 Å². The van der Waals surface area contributed by atoms with Gasteiger partial charge in [-0.25, -0.2) is 0 Å². The zero-order valence-corrected chi connectivity index (χ0v) is 11.7. The van der Waals surface area contributed by atoms with Crippen LogP contribution in [0.25, 0.3) is 0 Å². The van der Waals surface area contributed by atoms with E-state index < -0.39 is 5.60 Å². The van der Waals surface area contributed by atoms with Crippen molar-refractivity contribution in [3.8, 4) is 11.5 Å². The summed E-state index contributed by atoms with van der Waals surface area (Å²) in [7, 11) is 3.21. The molecule has 1 heterocycles. The van der Waals surface area contributed by atoms with Crippen LogP contribution in [-0.4, -0.2) is 19.3 Å². The molecule has 0 saturated heterocycles. The number of benzene rings is 1. The standard InChI is InChI=1S/C16H18O4/c1-18-12-8-11(9-13(10-12)19-2)16(17)6-3-4-15-14(16)5-7-20-15/h5,7-10,17H,3-4,6H2,1-2H3. The summed E-state index contributed by atoms with van der Waals surface area (Å²) in [5.41, 5.74) is 0.581. The Labute approximate surface area is 117 Å². The Morgan fingerprint density at radius 2 is 1.85 bits per heavy atom. The van der Waals surface area contributed by atoms with Crippen LogP contribution in [-0.2, 0) is 12.0 Å². The monoisotopic (exact) mass is 274 g/mol. The lowest BCUT2D eigenvalue weighted by Gasteiger charge is -2.32. The molecule has 1 atom stereocenters. The maximum absolute atomic E-state index is 11.2. The second kappa shape index (κ2) is 4.87. The van der Waals surface area contributed by atoms with Crippen molar-refractivity contribution in [2.75, 3.05) is 14.2 Å². The Balaban J connectivity index is 2.13. The van der Waals surface area contributed by atoms with Crippen molar-refractivity contribution in [1.82, 2.24) is 0 Å². The zero-order chi connectivity index (χ0) is 14.2. The topological polar surface area (TPSA) is 51.8 Å². The molecule has 0 fully saturated rings. The molecule has 1 aromatic carbocycles. The van der Waals surface area contributed by atoms with Gasteiger partial charge in [0.25, 0.3) is 0 Å². The molecule has 1 N–H and O–H groups in total. The largest absolute Gasteiger partial charge is 0.497 e. The molecule has 4 heteroatoms. The molecular weight excluding hydrogens is 256 g/mol. The Morgan fingerprint density at radius 1 is 1.15 bits per heavy atom. The van der Waals surface area contributed by atoms with E-state index in [-0.39, 0.29) is 0 Å². The molecule has 3 rings (SSSR count). The number of aryl methyl sites for hydroxylation is 1. The minimum absolute atomic E-state index is 0.663. The summed E-state index contributed by atoms with van der Waals surface area (Å²) in [4.78, 5) is 0. The van der Waals surface area contributed by atoms with Crippen molar-refractivity contribution in [2.45, 2.75) is 24.9 Å². The zero-order valence-electron chi connectivity index (χ0n) is 11.7. The molecule has 2 aromatic rings. The highest BCUT2D eigenvalue weighted by molar-refractivity contribution is 5.46. The van der Waals surface area contributed by atoms with Crippen LogP contribution in [0.3, 0.4) is 0 Å².